The Labute approximate surface area is 126 Å². The zero-order valence-corrected chi connectivity index (χ0v) is 12.3. The molecule has 0 amide bonds. The SMILES string of the molecule is CCCCN(C)c1nncc(Nc2ccc(F)c(F)c2F)n1. The number of rotatable bonds is 6. The fourth-order valence-corrected chi connectivity index (χ4v) is 1.77. The van der Waals surface area contributed by atoms with Crippen molar-refractivity contribution < 1.29 is 13.2 Å². The maximum atomic E-state index is 13.6. The topological polar surface area (TPSA) is 53.9 Å². The van der Waals surface area contributed by atoms with Crippen LogP contribution in [0, 0.1) is 17.5 Å². The lowest BCUT2D eigenvalue weighted by Crippen LogP contribution is -2.21. The molecule has 1 aromatic carbocycles. The van der Waals surface area contributed by atoms with Gasteiger partial charge in [0.25, 0.3) is 0 Å². The Morgan fingerprint density at radius 3 is 2.68 bits per heavy atom. The minimum absolute atomic E-state index is 0.193. The highest BCUT2D eigenvalue weighted by Gasteiger charge is 2.14. The Bertz CT molecular complexity index is 650. The smallest absolute Gasteiger partial charge is 0.247 e. The highest BCUT2D eigenvalue weighted by atomic mass is 19.2. The van der Waals surface area contributed by atoms with Crippen LogP contribution < -0.4 is 10.2 Å². The average Bonchev–Trinajstić information content (AvgIpc) is 2.53. The lowest BCUT2D eigenvalue weighted by molar-refractivity contribution is 0.449. The molecule has 2 aromatic rings. The predicted octanol–water partition coefficient (Wildman–Crippen LogP) is 3.27. The Balaban J connectivity index is 2.19. The summed E-state index contributed by atoms with van der Waals surface area (Å²) in [6, 6.07) is 1.93. The van der Waals surface area contributed by atoms with Crippen molar-refractivity contribution in [2.75, 3.05) is 23.8 Å². The van der Waals surface area contributed by atoms with E-state index in [0.29, 0.717) is 5.95 Å². The molecule has 0 aliphatic rings. The van der Waals surface area contributed by atoms with Gasteiger partial charge >= 0.3 is 0 Å². The monoisotopic (exact) mass is 311 g/mol. The minimum Gasteiger partial charge on any atom is -0.343 e. The molecular weight excluding hydrogens is 295 g/mol. The fraction of sp³-hybridized carbons (Fsp3) is 0.357. The van der Waals surface area contributed by atoms with Crippen LogP contribution >= 0.6 is 0 Å². The molecule has 0 fully saturated rings. The highest BCUT2D eigenvalue weighted by molar-refractivity contribution is 5.57. The van der Waals surface area contributed by atoms with Crippen molar-refractivity contribution in [3.8, 4) is 0 Å². The number of hydrogen-bond acceptors (Lipinski definition) is 5. The first-order chi connectivity index (χ1) is 10.5. The van der Waals surface area contributed by atoms with Gasteiger partial charge in [0, 0.05) is 13.6 Å². The summed E-state index contributed by atoms with van der Waals surface area (Å²) in [6.45, 7) is 2.82. The molecule has 0 spiro atoms. The van der Waals surface area contributed by atoms with Crippen LogP contribution in [0.25, 0.3) is 0 Å². The van der Waals surface area contributed by atoms with Crippen LogP contribution in [0.3, 0.4) is 0 Å². The van der Waals surface area contributed by atoms with Gasteiger partial charge in [-0.15, -0.1) is 5.10 Å². The van der Waals surface area contributed by atoms with Crippen molar-refractivity contribution in [3.63, 3.8) is 0 Å². The Morgan fingerprint density at radius 1 is 1.18 bits per heavy atom. The quantitative estimate of drug-likeness (QED) is 0.830. The number of halogens is 3. The molecule has 0 atom stereocenters. The van der Waals surface area contributed by atoms with Gasteiger partial charge in [-0.2, -0.15) is 10.1 Å². The standard InChI is InChI=1S/C14H16F3N5/c1-3-4-7-22(2)14-20-11(8-18-21-14)19-10-6-5-9(15)12(16)13(10)17/h5-6,8H,3-4,7H2,1-2H3,(H,19,20,21). The van der Waals surface area contributed by atoms with E-state index in [-0.39, 0.29) is 11.5 Å². The minimum atomic E-state index is -1.53. The fourth-order valence-electron chi connectivity index (χ4n) is 1.77. The number of anilines is 3. The van der Waals surface area contributed by atoms with Gasteiger partial charge in [-0.1, -0.05) is 13.3 Å². The second-order valence-electron chi connectivity index (χ2n) is 4.76. The number of nitrogens with one attached hydrogen (secondary N) is 1. The van der Waals surface area contributed by atoms with Gasteiger partial charge < -0.3 is 10.2 Å². The second-order valence-corrected chi connectivity index (χ2v) is 4.76. The maximum Gasteiger partial charge on any atom is 0.247 e. The summed E-state index contributed by atoms with van der Waals surface area (Å²) in [5, 5.41) is 10.2. The highest BCUT2D eigenvalue weighted by Crippen LogP contribution is 2.22. The molecule has 118 valence electrons. The van der Waals surface area contributed by atoms with Gasteiger partial charge in [0.15, 0.2) is 23.3 Å². The summed E-state index contributed by atoms with van der Waals surface area (Å²) in [5.74, 6) is -3.53. The molecule has 0 radical (unpaired) electrons. The average molecular weight is 311 g/mol. The van der Waals surface area contributed by atoms with Crippen LogP contribution in [0.5, 0.6) is 0 Å². The van der Waals surface area contributed by atoms with E-state index in [2.05, 4.69) is 27.4 Å². The Hall–Kier alpha value is -2.38. The molecule has 5 nitrogen and oxygen atoms in total. The van der Waals surface area contributed by atoms with Gasteiger partial charge in [-0.25, -0.2) is 13.2 Å². The van der Waals surface area contributed by atoms with Crippen LogP contribution in [-0.2, 0) is 0 Å². The van der Waals surface area contributed by atoms with E-state index in [1.165, 1.54) is 6.20 Å². The second kappa shape index (κ2) is 7.06. The van der Waals surface area contributed by atoms with Gasteiger partial charge in [-0.05, 0) is 18.6 Å². The van der Waals surface area contributed by atoms with E-state index in [1.807, 2.05) is 11.9 Å². The van der Waals surface area contributed by atoms with E-state index in [9.17, 15) is 13.2 Å². The lowest BCUT2D eigenvalue weighted by Gasteiger charge is -2.16. The molecule has 1 N–H and O–H groups in total. The van der Waals surface area contributed by atoms with Crippen molar-refractivity contribution in [3.05, 3.63) is 35.8 Å². The van der Waals surface area contributed by atoms with E-state index >= 15 is 0 Å². The van der Waals surface area contributed by atoms with Crippen LogP contribution in [0.2, 0.25) is 0 Å². The van der Waals surface area contributed by atoms with Crippen LogP contribution in [0.1, 0.15) is 19.8 Å². The third kappa shape index (κ3) is 3.63. The lowest BCUT2D eigenvalue weighted by atomic mass is 10.3. The Kier molecular flexibility index (Phi) is 5.13. The van der Waals surface area contributed by atoms with Crippen molar-refractivity contribution >= 4 is 17.5 Å². The molecule has 2 rings (SSSR count). The molecule has 0 saturated heterocycles. The van der Waals surface area contributed by atoms with Crippen molar-refractivity contribution in [2.45, 2.75) is 19.8 Å². The van der Waals surface area contributed by atoms with Gasteiger partial charge in [0.2, 0.25) is 5.95 Å². The molecule has 8 heteroatoms. The van der Waals surface area contributed by atoms with Crippen molar-refractivity contribution in [2.24, 2.45) is 0 Å². The van der Waals surface area contributed by atoms with Gasteiger partial charge in [-0.3, -0.25) is 0 Å². The molecule has 0 unspecified atom stereocenters. The van der Waals surface area contributed by atoms with E-state index < -0.39 is 17.5 Å². The molecular formula is C14H16F3N5. The normalized spacial score (nSPS) is 10.6. The number of unbranched alkanes of at least 4 members (excludes halogenated alkanes) is 1. The summed E-state index contributed by atoms with van der Waals surface area (Å²) in [4.78, 5) is 5.98. The number of aromatic nitrogens is 3. The summed E-state index contributed by atoms with van der Waals surface area (Å²) >= 11 is 0. The van der Waals surface area contributed by atoms with Gasteiger partial charge in [0.05, 0.1) is 11.9 Å². The molecule has 0 saturated carbocycles. The number of benzene rings is 1. The molecule has 0 bridgehead atoms. The summed E-state index contributed by atoms with van der Waals surface area (Å²) in [5.41, 5.74) is -0.221. The first-order valence-corrected chi connectivity index (χ1v) is 6.84. The first-order valence-electron chi connectivity index (χ1n) is 6.84. The predicted molar refractivity (Wildman–Crippen MR) is 77.6 cm³/mol. The van der Waals surface area contributed by atoms with Crippen molar-refractivity contribution in [1.82, 2.24) is 15.2 Å². The molecule has 1 heterocycles. The zero-order valence-electron chi connectivity index (χ0n) is 12.3. The maximum absolute atomic E-state index is 13.6. The molecule has 1 aromatic heterocycles. The number of nitrogens with zero attached hydrogens (tertiary/aromatic N) is 4. The van der Waals surface area contributed by atoms with E-state index in [0.717, 1.165) is 31.5 Å². The third-order valence-electron chi connectivity index (χ3n) is 3.03. The van der Waals surface area contributed by atoms with Crippen LogP contribution in [0.4, 0.5) is 30.6 Å². The largest absolute Gasteiger partial charge is 0.343 e. The molecule has 0 aliphatic carbocycles. The Morgan fingerprint density at radius 2 is 1.95 bits per heavy atom. The summed E-state index contributed by atoms with van der Waals surface area (Å²) in [6.07, 6.45) is 3.27. The molecule has 0 aliphatic heterocycles. The van der Waals surface area contributed by atoms with Gasteiger partial charge in [0.1, 0.15) is 0 Å². The van der Waals surface area contributed by atoms with E-state index in [1.54, 1.807) is 0 Å². The van der Waals surface area contributed by atoms with Crippen LogP contribution in [-0.4, -0.2) is 28.8 Å². The van der Waals surface area contributed by atoms with Crippen LogP contribution in [0.15, 0.2) is 18.3 Å². The van der Waals surface area contributed by atoms with E-state index in [4.69, 9.17) is 0 Å². The molecule has 22 heavy (non-hydrogen) atoms. The summed E-state index contributed by atoms with van der Waals surface area (Å²) < 4.78 is 39.7. The summed E-state index contributed by atoms with van der Waals surface area (Å²) in [7, 11) is 1.81. The number of hydrogen-bond donors (Lipinski definition) is 1. The zero-order chi connectivity index (χ0) is 16.1. The third-order valence-corrected chi connectivity index (χ3v) is 3.03. The first kappa shape index (κ1) is 16.0. The van der Waals surface area contributed by atoms with Crippen molar-refractivity contribution in [1.29, 1.82) is 0 Å².